The third kappa shape index (κ3) is 7.98. The molecule has 86 valence electrons. The zero-order chi connectivity index (χ0) is 11.9. The minimum atomic E-state index is -0.555. The van der Waals surface area contributed by atoms with E-state index in [1.165, 1.54) is 7.11 Å². The van der Waals surface area contributed by atoms with Crippen LogP contribution in [0.1, 0.15) is 20.8 Å². The minimum Gasteiger partial charge on any atom is -0.450 e. The van der Waals surface area contributed by atoms with Gasteiger partial charge in [0.05, 0.1) is 6.61 Å². The molecule has 4 heteroatoms. The molecule has 0 aromatic carbocycles. The van der Waals surface area contributed by atoms with Crippen LogP contribution in [0.25, 0.3) is 0 Å². The second-order valence-electron chi connectivity index (χ2n) is 3.95. The van der Waals surface area contributed by atoms with Gasteiger partial charge in [0, 0.05) is 20.1 Å². The van der Waals surface area contributed by atoms with Gasteiger partial charge in [-0.05, 0) is 20.8 Å². The predicted molar refractivity (Wildman–Crippen MR) is 56.3 cm³/mol. The molecule has 4 nitrogen and oxygen atoms in total. The number of ether oxygens (including phenoxy) is 3. The lowest BCUT2D eigenvalue weighted by Crippen LogP contribution is -2.23. The minimum absolute atomic E-state index is 0.326. The molecule has 0 amide bonds. The van der Waals surface area contributed by atoms with Crippen molar-refractivity contribution in [1.82, 2.24) is 0 Å². The van der Waals surface area contributed by atoms with Gasteiger partial charge in [0.1, 0.15) is 11.7 Å². The molecule has 0 aliphatic rings. The van der Waals surface area contributed by atoms with Crippen LogP contribution in [-0.2, 0) is 19.0 Å². The van der Waals surface area contributed by atoms with Crippen LogP contribution in [0.15, 0.2) is 0 Å². The van der Waals surface area contributed by atoms with Gasteiger partial charge in [-0.3, -0.25) is 0 Å². The van der Waals surface area contributed by atoms with E-state index >= 15 is 0 Å². The lowest BCUT2D eigenvalue weighted by Gasteiger charge is -2.17. The van der Waals surface area contributed by atoms with Crippen molar-refractivity contribution in [2.24, 2.45) is 0 Å². The van der Waals surface area contributed by atoms with Gasteiger partial charge >= 0.3 is 5.97 Å². The van der Waals surface area contributed by atoms with Crippen LogP contribution < -0.4 is 0 Å². The lowest BCUT2D eigenvalue weighted by molar-refractivity contribution is -0.147. The number of hydrogen-bond acceptors (Lipinski definition) is 4. The summed E-state index contributed by atoms with van der Waals surface area (Å²) in [5.74, 6) is 4.42. The topological polar surface area (TPSA) is 44.8 Å². The molecule has 0 aliphatic heterocycles. The highest BCUT2D eigenvalue weighted by atomic mass is 16.6. The second-order valence-corrected chi connectivity index (χ2v) is 3.95. The Morgan fingerprint density at radius 2 is 1.93 bits per heavy atom. The van der Waals surface area contributed by atoms with Gasteiger partial charge in [0.2, 0.25) is 0 Å². The molecule has 0 aromatic heterocycles. The molecule has 0 saturated carbocycles. The number of hydrogen-bond donors (Lipinski definition) is 0. The first-order valence-electron chi connectivity index (χ1n) is 4.65. The van der Waals surface area contributed by atoms with Crippen LogP contribution in [-0.4, -0.2) is 38.5 Å². The molecule has 1 unspecified atom stereocenters. The Hall–Kier alpha value is -1.05. The highest BCUT2D eigenvalue weighted by Crippen LogP contribution is 2.06. The molecule has 1 atom stereocenters. The van der Waals surface area contributed by atoms with E-state index in [4.69, 9.17) is 14.2 Å². The summed E-state index contributed by atoms with van der Waals surface area (Å²) in [6.45, 7) is 5.69. The van der Waals surface area contributed by atoms with Gasteiger partial charge in [-0.15, -0.1) is 0 Å². The van der Waals surface area contributed by atoms with Crippen LogP contribution in [0.3, 0.4) is 0 Å². The largest absolute Gasteiger partial charge is 0.450 e. The maximum absolute atomic E-state index is 11.2. The molecular weight excluding hydrogens is 196 g/mol. The van der Waals surface area contributed by atoms with Gasteiger partial charge < -0.3 is 14.2 Å². The number of rotatable bonds is 3. The van der Waals surface area contributed by atoms with Gasteiger partial charge in [0.25, 0.3) is 0 Å². The average Bonchev–Trinajstić information content (AvgIpc) is 2.09. The average molecular weight is 214 g/mol. The zero-order valence-corrected chi connectivity index (χ0v) is 9.92. The summed E-state index contributed by atoms with van der Waals surface area (Å²) in [5, 5.41) is 0. The fourth-order valence-electron chi connectivity index (χ4n) is 0.763. The lowest BCUT2D eigenvalue weighted by atomic mass is 10.2. The molecule has 0 bridgehead atoms. The summed E-state index contributed by atoms with van der Waals surface area (Å²) in [7, 11) is 3.05. The number of esters is 1. The predicted octanol–water partition coefficient (Wildman–Crippen LogP) is 0.993. The Morgan fingerprint density at radius 1 is 1.33 bits per heavy atom. The van der Waals surface area contributed by atoms with Gasteiger partial charge in [-0.25, -0.2) is 4.79 Å². The molecule has 0 rings (SSSR count). The van der Waals surface area contributed by atoms with Crippen LogP contribution in [0.2, 0.25) is 0 Å². The van der Waals surface area contributed by atoms with Crippen molar-refractivity contribution in [1.29, 1.82) is 0 Å². The van der Waals surface area contributed by atoms with Crippen LogP contribution >= 0.6 is 0 Å². The molecule has 0 aliphatic carbocycles. The van der Waals surface area contributed by atoms with Gasteiger partial charge in [-0.2, -0.15) is 0 Å². The molecule has 0 fully saturated rings. The monoisotopic (exact) mass is 214 g/mol. The summed E-state index contributed by atoms with van der Waals surface area (Å²) in [6, 6.07) is 0. The molecule has 15 heavy (non-hydrogen) atoms. The van der Waals surface area contributed by atoms with E-state index in [0.717, 1.165) is 0 Å². The van der Waals surface area contributed by atoms with Crippen molar-refractivity contribution < 1.29 is 19.0 Å². The quantitative estimate of drug-likeness (QED) is 0.399. The number of carbonyl (C=O) groups is 1. The van der Waals surface area contributed by atoms with Crippen LogP contribution in [0.4, 0.5) is 0 Å². The highest BCUT2D eigenvalue weighted by molar-refractivity contribution is 5.88. The summed E-state index contributed by atoms with van der Waals surface area (Å²) in [4.78, 5) is 11.2. The highest BCUT2D eigenvalue weighted by Gasteiger charge is 2.14. The summed E-state index contributed by atoms with van der Waals surface area (Å²) < 4.78 is 14.8. The van der Waals surface area contributed by atoms with Crippen LogP contribution in [0.5, 0.6) is 0 Å². The van der Waals surface area contributed by atoms with Crippen molar-refractivity contribution in [3.63, 3.8) is 0 Å². The Kier molecular flexibility index (Phi) is 5.99. The second kappa shape index (κ2) is 6.44. The van der Waals surface area contributed by atoms with Crippen molar-refractivity contribution in [3.05, 3.63) is 0 Å². The van der Waals surface area contributed by atoms with E-state index in [1.54, 1.807) is 27.9 Å². The van der Waals surface area contributed by atoms with E-state index in [1.807, 2.05) is 0 Å². The standard InChI is InChI=1S/C11H18O4/c1-11(2,3)15-10(12)7-6-9(14-5)8-13-4/h9H,8H2,1-5H3. The summed E-state index contributed by atoms with van der Waals surface area (Å²) in [5.41, 5.74) is -0.518. The third-order valence-electron chi connectivity index (χ3n) is 1.34. The maximum atomic E-state index is 11.2. The molecule has 0 saturated heterocycles. The van der Waals surface area contributed by atoms with E-state index in [9.17, 15) is 4.79 Å². The molecule has 0 heterocycles. The van der Waals surface area contributed by atoms with Gasteiger partial charge in [0.15, 0.2) is 0 Å². The Morgan fingerprint density at radius 3 is 2.33 bits per heavy atom. The fraction of sp³-hybridized carbons (Fsp3) is 0.727. The van der Waals surface area contributed by atoms with Crippen LogP contribution in [0, 0.1) is 11.8 Å². The van der Waals surface area contributed by atoms with E-state index < -0.39 is 17.7 Å². The van der Waals surface area contributed by atoms with E-state index in [0.29, 0.717) is 6.61 Å². The third-order valence-corrected chi connectivity index (χ3v) is 1.34. The normalized spacial score (nSPS) is 12.6. The molecule has 0 aromatic rings. The number of carbonyl (C=O) groups excluding carboxylic acids is 1. The molecular formula is C11H18O4. The summed E-state index contributed by atoms with van der Waals surface area (Å²) >= 11 is 0. The van der Waals surface area contributed by atoms with Gasteiger partial charge in [-0.1, -0.05) is 5.92 Å². The Bertz CT molecular complexity index is 254. The van der Waals surface area contributed by atoms with Crippen molar-refractivity contribution in [2.75, 3.05) is 20.8 Å². The summed E-state index contributed by atoms with van der Waals surface area (Å²) in [6.07, 6.45) is -0.400. The number of methoxy groups -OCH3 is 2. The molecule has 0 N–H and O–H groups in total. The smallest absolute Gasteiger partial charge is 0.384 e. The first-order valence-corrected chi connectivity index (χ1v) is 4.65. The zero-order valence-electron chi connectivity index (χ0n) is 9.92. The SMILES string of the molecule is COCC(C#CC(=O)OC(C)(C)C)OC. The first-order chi connectivity index (χ1) is 6.89. The fourth-order valence-corrected chi connectivity index (χ4v) is 0.763. The van der Waals surface area contributed by atoms with Crippen molar-refractivity contribution in [3.8, 4) is 11.8 Å². The Balaban J connectivity index is 4.20. The maximum Gasteiger partial charge on any atom is 0.384 e. The van der Waals surface area contributed by atoms with E-state index in [2.05, 4.69) is 11.8 Å². The van der Waals surface area contributed by atoms with Crippen molar-refractivity contribution in [2.45, 2.75) is 32.5 Å². The molecule has 0 radical (unpaired) electrons. The first kappa shape index (κ1) is 13.9. The molecule has 0 spiro atoms. The Labute approximate surface area is 90.9 Å². The van der Waals surface area contributed by atoms with E-state index in [-0.39, 0.29) is 0 Å². The van der Waals surface area contributed by atoms with Crippen molar-refractivity contribution >= 4 is 5.97 Å².